The van der Waals surface area contributed by atoms with Crippen molar-refractivity contribution in [2.75, 3.05) is 18.5 Å². The molecule has 0 saturated heterocycles. The minimum atomic E-state index is -4.47. The van der Waals surface area contributed by atoms with Gasteiger partial charge in [0.15, 0.2) is 6.04 Å². The van der Waals surface area contributed by atoms with E-state index in [0.29, 0.717) is 47.1 Å². The van der Waals surface area contributed by atoms with Gasteiger partial charge >= 0.3 is 6.18 Å². The highest BCUT2D eigenvalue weighted by molar-refractivity contribution is 6.08. The molecular formula is C36H32F3N5O4. The van der Waals surface area contributed by atoms with Crippen molar-refractivity contribution < 1.29 is 32.7 Å². The number of nitrogens with zero attached hydrogens (tertiary/aromatic N) is 2. The Morgan fingerprint density at radius 2 is 1.58 bits per heavy atom. The maximum Gasteiger partial charge on any atom is 0.416 e. The summed E-state index contributed by atoms with van der Waals surface area (Å²) >= 11 is 0. The first-order valence-electron chi connectivity index (χ1n) is 15.2. The second-order valence-electron chi connectivity index (χ2n) is 10.9. The standard InChI is InChI=1S/C36H32F3N5O4/c37-36(38,39)26-15-11-23(12-16-26)27-8-2-3-9-28(27)34(47)43-31-18-14-24-22-25(13-17-29(24)42-31)33(46)44-32(30-10-4-6-19-40-30)35(48)41-20-5-1-7-21-45/h2-4,6,8-19,22,32,45H,1,5,7,20-21H2,(H,41,48)(H,44,46)(H,42,43,47)/t32-/m0/s1. The SMILES string of the molecule is O=C(N[C@H](C(=O)NCCCCCO)c1ccccn1)c1ccc2nc(NC(=O)c3ccccc3-c3ccc(C(F)(F)F)cc3)ccc2c1. The number of halogens is 3. The molecule has 2 heterocycles. The Balaban J connectivity index is 1.29. The lowest BCUT2D eigenvalue weighted by molar-refractivity contribution is -0.137. The number of anilines is 1. The van der Waals surface area contributed by atoms with Gasteiger partial charge < -0.3 is 21.1 Å². The third-order valence-corrected chi connectivity index (χ3v) is 7.54. The maximum atomic E-state index is 13.3. The Morgan fingerprint density at radius 3 is 2.31 bits per heavy atom. The lowest BCUT2D eigenvalue weighted by Crippen LogP contribution is -2.41. The minimum Gasteiger partial charge on any atom is -0.396 e. The predicted octanol–water partition coefficient (Wildman–Crippen LogP) is 6.32. The number of benzene rings is 3. The Morgan fingerprint density at radius 1 is 0.812 bits per heavy atom. The van der Waals surface area contributed by atoms with Gasteiger partial charge in [-0.2, -0.15) is 13.2 Å². The molecule has 3 amide bonds. The van der Waals surface area contributed by atoms with Gasteiger partial charge in [0.25, 0.3) is 11.8 Å². The minimum absolute atomic E-state index is 0.0843. The molecule has 0 radical (unpaired) electrons. The Bertz CT molecular complexity index is 1900. The number of rotatable bonds is 12. The van der Waals surface area contributed by atoms with Gasteiger partial charge in [-0.3, -0.25) is 19.4 Å². The first-order valence-corrected chi connectivity index (χ1v) is 15.2. The van der Waals surface area contributed by atoms with Crippen LogP contribution >= 0.6 is 0 Å². The highest BCUT2D eigenvalue weighted by atomic mass is 19.4. The molecule has 0 spiro atoms. The summed E-state index contributed by atoms with van der Waals surface area (Å²) < 4.78 is 39.1. The number of carbonyl (C=O) groups excluding carboxylic acids is 3. The van der Waals surface area contributed by atoms with Crippen molar-refractivity contribution in [3.63, 3.8) is 0 Å². The smallest absolute Gasteiger partial charge is 0.396 e. The zero-order valence-corrected chi connectivity index (χ0v) is 25.6. The van der Waals surface area contributed by atoms with Crippen LogP contribution in [0.1, 0.15) is 57.3 Å². The van der Waals surface area contributed by atoms with Crippen molar-refractivity contribution in [3.8, 4) is 11.1 Å². The number of unbranched alkanes of at least 4 members (excludes halogenated alkanes) is 2. The molecule has 2 aromatic heterocycles. The molecule has 0 bridgehead atoms. The number of amides is 3. The normalized spacial score (nSPS) is 11.9. The topological polar surface area (TPSA) is 133 Å². The van der Waals surface area contributed by atoms with E-state index in [1.54, 1.807) is 72.8 Å². The number of hydrogen-bond acceptors (Lipinski definition) is 6. The molecule has 246 valence electrons. The number of nitrogens with one attached hydrogen (secondary N) is 3. The van der Waals surface area contributed by atoms with E-state index < -0.39 is 35.5 Å². The van der Waals surface area contributed by atoms with Crippen LogP contribution in [0.25, 0.3) is 22.0 Å². The monoisotopic (exact) mass is 655 g/mol. The quantitative estimate of drug-likeness (QED) is 0.116. The molecule has 4 N–H and O–H groups in total. The molecule has 3 aromatic carbocycles. The number of carbonyl (C=O) groups is 3. The van der Waals surface area contributed by atoms with Gasteiger partial charge in [-0.15, -0.1) is 0 Å². The molecule has 0 aliphatic heterocycles. The van der Waals surface area contributed by atoms with Crippen molar-refractivity contribution in [3.05, 3.63) is 126 Å². The summed E-state index contributed by atoms with van der Waals surface area (Å²) in [5, 5.41) is 17.9. The lowest BCUT2D eigenvalue weighted by Gasteiger charge is -2.18. The zero-order valence-electron chi connectivity index (χ0n) is 25.6. The van der Waals surface area contributed by atoms with Crippen LogP contribution in [0, 0.1) is 0 Å². The van der Waals surface area contributed by atoms with Gasteiger partial charge in [-0.1, -0.05) is 36.4 Å². The number of alkyl halides is 3. The molecule has 0 aliphatic carbocycles. The number of fused-ring (bicyclic) bond motifs is 1. The summed E-state index contributed by atoms with van der Waals surface area (Å²) in [6.07, 6.45) is -0.859. The highest BCUT2D eigenvalue weighted by Crippen LogP contribution is 2.32. The van der Waals surface area contributed by atoms with Crippen LogP contribution in [0.4, 0.5) is 19.0 Å². The van der Waals surface area contributed by atoms with Crippen LogP contribution in [0.5, 0.6) is 0 Å². The summed E-state index contributed by atoms with van der Waals surface area (Å²) in [6, 6.07) is 23.3. The largest absolute Gasteiger partial charge is 0.416 e. The van der Waals surface area contributed by atoms with E-state index in [4.69, 9.17) is 5.11 Å². The summed E-state index contributed by atoms with van der Waals surface area (Å²) in [6.45, 7) is 0.472. The number of pyridine rings is 2. The first kappa shape index (κ1) is 33.7. The van der Waals surface area contributed by atoms with E-state index in [-0.39, 0.29) is 23.6 Å². The van der Waals surface area contributed by atoms with Crippen LogP contribution in [0.3, 0.4) is 0 Å². The molecule has 48 heavy (non-hydrogen) atoms. The van der Waals surface area contributed by atoms with Crippen LogP contribution in [0.2, 0.25) is 0 Å². The second kappa shape index (κ2) is 15.3. The summed E-state index contributed by atoms with van der Waals surface area (Å²) in [5.41, 5.74) is 1.52. The van der Waals surface area contributed by atoms with Gasteiger partial charge in [0, 0.05) is 35.9 Å². The second-order valence-corrected chi connectivity index (χ2v) is 10.9. The molecular weight excluding hydrogens is 623 g/mol. The van der Waals surface area contributed by atoms with E-state index in [1.807, 2.05) is 0 Å². The van der Waals surface area contributed by atoms with Crippen molar-refractivity contribution in [2.24, 2.45) is 0 Å². The average molecular weight is 656 g/mol. The lowest BCUT2D eigenvalue weighted by atomic mass is 9.98. The third kappa shape index (κ3) is 8.39. The summed E-state index contributed by atoms with van der Waals surface area (Å²) in [7, 11) is 0. The van der Waals surface area contributed by atoms with Gasteiger partial charge in [0.05, 0.1) is 16.8 Å². The van der Waals surface area contributed by atoms with E-state index in [0.717, 1.165) is 18.6 Å². The molecule has 0 saturated carbocycles. The first-order chi connectivity index (χ1) is 23.1. The van der Waals surface area contributed by atoms with Crippen molar-refractivity contribution >= 4 is 34.4 Å². The fourth-order valence-corrected chi connectivity index (χ4v) is 5.05. The van der Waals surface area contributed by atoms with Crippen molar-refractivity contribution in [1.82, 2.24) is 20.6 Å². The average Bonchev–Trinajstić information content (AvgIpc) is 3.10. The summed E-state index contributed by atoms with van der Waals surface area (Å²) in [5.74, 6) is -1.17. The van der Waals surface area contributed by atoms with Gasteiger partial charge in [0.1, 0.15) is 5.82 Å². The fourth-order valence-electron chi connectivity index (χ4n) is 5.05. The van der Waals surface area contributed by atoms with Crippen molar-refractivity contribution in [1.29, 1.82) is 0 Å². The van der Waals surface area contributed by atoms with Gasteiger partial charge in [0.2, 0.25) is 5.91 Å². The zero-order chi connectivity index (χ0) is 34.1. The predicted molar refractivity (Wildman–Crippen MR) is 175 cm³/mol. The van der Waals surface area contributed by atoms with E-state index >= 15 is 0 Å². The number of aliphatic hydroxyl groups is 1. The van der Waals surface area contributed by atoms with Crippen LogP contribution < -0.4 is 16.0 Å². The van der Waals surface area contributed by atoms with Crippen LogP contribution in [-0.4, -0.2) is 45.9 Å². The number of aliphatic hydroxyl groups excluding tert-OH is 1. The molecule has 5 rings (SSSR count). The van der Waals surface area contributed by atoms with Crippen LogP contribution in [-0.2, 0) is 11.0 Å². The molecule has 1 atom stereocenters. The summed E-state index contributed by atoms with van der Waals surface area (Å²) in [4.78, 5) is 48.3. The van der Waals surface area contributed by atoms with Gasteiger partial charge in [-0.05, 0) is 91.1 Å². The maximum absolute atomic E-state index is 13.3. The van der Waals surface area contributed by atoms with Crippen molar-refractivity contribution in [2.45, 2.75) is 31.5 Å². The molecule has 9 nitrogen and oxygen atoms in total. The third-order valence-electron chi connectivity index (χ3n) is 7.54. The molecule has 5 aromatic rings. The molecule has 12 heteroatoms. The number of aromatic nitrogens is 2. The fraction of sp³-hybridized carbons (Fsp3) is 0.194. The van der Waals surface area contributed by atoms with E-state index in [1.165, 1.54) is 18.3 Å². The van der Waals surface area contributed by atoms with Crippen LogP contribution in [0.15, 0.2) is 103 Å². The highest BCUT2D eigenvalue weighted by Gasteiger charge is 2.30. The van der Waals surface area contributed by atoms with E-state index in [9.17, 15) is 27.6 Å². The van der Waals surface area contributed by atoms with E-state index in [2.05, 4.69) is 25.9 Å². The Labute approximate surface area is 274 Å². The Kier molecular flexibility index (Phi) is 10.8. The van der Waals surface area contributed by atoms with Gasteiger partial charge in [-0.25, -0.2) is 4.98 Å². The number of hydrogen-bond donors (Lipinski definition) is 4. The molecule has 0 aliphatic rings. The Hall–Kier alpha value is -5.62. The molecule has 0 unspecified atom stereocenters. The molecule has 0 fully saturated rings.